The molecule has 0 aromatic carbocycles. The highest BCUT2D eigenvalue weighted by Gasteiger charge is 2.38. The molecule has 1 aliphatic rings. The van der Waals surface area contributed by atoms with Gasteiger partial charge in [-0.1, -0.05) is 0 Å². The van der Waals surface area contributed by atoms with Crippen molar-refractivity contribution >= 4 is 22.4 Å². The van der Waals surface area contributed by atoms with Crippen molar-refractivity contribution < 1.29 is 22.7 Å². The largest absolute Gasteiger partial charge is 0.444 e. The zero-order valence-electron chi connectivity index (χ0n) is 10.6. The summed E-state index contributed by atoms with van der Waals surface area (Å²) < 4.78 is 30.4. The minimum absolute atomic E-state index is 0.188. The molecule has 104 valence electrons. The first-order chi connectivity index (χ1) is 8.15. The van der Waals surface area contributed by atoms with E-state index in [9.17, 15) is 18.0 Å². The summed E-state index contributed by atoms with van der Waals surface area (Å²) in [4.78, 5) is 22.4. The van der Waals surface area contributed by atoms with Crippen LogP contribution < -0.4 is 10.0 Å². The molecule has 0 bridgehead atoms. The van der Waals surface area contributed by atoms with E-state index in [4.69, 9.17) is 4.74 Å². The second-order valence-electron chi connectivity index (χ2n) is 5.08. The van der Waals surface area contributed by atoms with Crippen molar-refractivity contribution in [1.29, 1.82) is 0 Å². The Morgan fingerprint density at radius 3 is 2.56 bits per heavy atom. The van der Waals surface area contributed by atoms with Crippen LogP contribution in [0.15, 0.2) is 0 Å². The average Bonchev–Trinajstić information content (AvgIpc) is 2.13. The van der Waals surface area contributed by atoms with E-state index in [1.807, 2.05) is 0 Å². The maximum absolute atomic E-state index is 11.6. The fourth-order valence-electron chi connectivity index (χ4n) is 1.61. The lowest BCUT2D eigenvalue weighted by Gasteiger charge is -2.29. The van der Waals surface area contributed by atoms with Crippen LogP contribution >= 0.6 is 0 Å². The molecule has 1 aliphatic heterocycles. The molecule has 2 atom stereocenters. The van der Waals surface area contributed by atoms with Crippen LogP contribution in [0, 0.1) is 0 Å². The summed E-state index contributed by atoms with van der Waals surface area (Å²) in [5.74, 6) is 0. The van der Waals surface area contributed by atoms with Crippen molar-refractivity contribution in [2.24, 2.45) is 0 Å². The summed E-state index contributed by atoms with van der Waals surface area (Å²) in [6, 6.07) is -0.761. The zero-order chi connectivity index (χ0) is 14.0. The molecule has 1 amide bonds. The number of aldehydes is 1. The second-order valence-corrected chi connectivity index (χ2v) is 7.00. The molecular formula is C10H18N2O5S. The van der Waals surface area contributed by atoms with E-state index in [1.54, 1.807) is 20.8 Å². The van der Waals surface area contributed by atoms with Crippen LogP contribution in [0.5, 0.6) is 0 Å². The van der Waals surface area contributed by atoms with Crippen molar-refractivity contribution in [3.63, 3.8) is 0 Å². The van der Waals surface area contributed by atoms with Gasteiger partial charge in [0, 0.05) is 6.54 Å². The highest BCUT2D eigenvalue weighted by atomic mass is 32.2. The maximum Gasteiger partial charge on any atom is 0.407 e. The molecule has 0 aromatic rings. The first-order valence-electron chi connectivity index (χ1n) is 5.59. The lowest BCUT2D eigenvalue weighted by Crippen LogP contribution is -2.56. The van der Waals surface area contributed by atoms with Gasteiger partial charge in [0.15, 0.2) is 5.25 Å². The van der Waals surface area contributed by atoms with Crippen LogP contribution in [0.4, 0.5) is 4.79 Å². The lowest BCUT2D eigenvalue weighted by atomic mass is 10.1. The monoisotopic (exact) mass is 278 g/mol. The molecule has 0 saturated carbocycles. The predicted molar refractivity (Wildman–Crippen MR) is 64.5 cm³/mol. The SMILES string of the molecule is CC(C)(C)OC(=O)N[C@@H]1CCNS(=O)(=O)[C@H]1C=O. The van der Waals surface area contributed by atoms with Gasteiger partial charge in [0.05, 0.1) is 6.04 Å². The Morgan fingerprint density at radius 1 is 1.44 bits per heavy atom. The molecule has 0 aliphatic carbocycles. The Morgan fingerprint density at radius 2 is 2.06 bits per heavy atom. The molecule has 1 rings (SSSR count). The van der Waals surface area contributed by atoms with Crippen LogP contribution in [-0.4, -0.2) is 44.2 Å². The number of sulfonamides is 1. The molecular weight excluding hydrogens is 260 g/mol. The summed E-state index contributed by atoms with van der Waals surface area (Å²) in [5, 5.41) is 1.14. The number of amides is 1. The number of alkyl carbamates (subject to hydrolysis) is 1. The minimum Gasteiger partial charge on any atom is -0.444 e. The first-order valence-corrected chi connectivity index (χ1v) is 7.13. The molecule has 1 heterocycles. The molecule has 8 heteroatoms. The number of hydrogen-bond acceptors (Lipinski definition) is 5. The predicted octanol–water partition coefficient (Wildman–Crippen LogP) is -0.230. The molecule has 1 fully saturated rings. The molecule has 0 aromatic heterocycles. The van der Waals surface area contributed by atoms with E-state index < -0.39 is 33.0 Å². The Labute approximate surface area is 106 Å². The van der Waals surface area contributed by atoms with E-state index in [1.165, 1.54) is 0 Å². The van der Waals surface area contributed by atoms with Gasteiger partial charge < -0.3 is 14.8 Å². The molecule has 2 N–H and O–H groups in total. The van der Waals surface area contributed by atoms with E-state index in [0.29, 0.717) is 12.7 Å². The average molecular weight is 278 g/mol. The summed E-state index contributed by atoms with van der Waals surface area (Å²) >= 11 is 0. The van der Waals surface area contributed by atoms with Gasteiger partial charge in [-0.15, -0.1) is 0 Å². The van der Waals surface area contributed by atoms with Crippen molar-refractivity contribution in [3.05, 3.63) is 0 Å². The van der Waals surface area contributed by atoms with Crippen LogP contribution in [0.2, 0.25) is 0 Å². The summed E-state index contributed by atoms with van der Waals surface area (Å²) in [6.07, 6.45) is -0.0535. The number of carbonyl (C=O) groups is 2. The van der Waals surface area contributed by atoms with Gasteiger partial charge in [0.2, 0.25) is 10.0 Å². The van der Waals surface area contributed by atoms with Gasteiger partial charge in [-0.2, -0.15) is 0 Å². The summed E-state index contributed by atoms with van der Waals surface area (Å²) in [5.41, 5.74) is -0.674. The van der Waals surface area contributed by atoms with Crippen molar-refractivity contribution in [2.75, 3.05) is 6.54 Å². The number of hydrogen-bond donors (Lipinski definition) is 2. The van der Waals surface area contributed by atoms with Gasteiger partial charge in [0.25, 0.3) is 0 Å². The third-order valence-corrected chi connectivity index (χ3v) is 4.11. The van der Waals surface area contributed by atoms with Gasteiger partial charge in [0.1, 0.15) is 11.9 Å². The number of carbonyl (C=O) groups excluding carboxylic acids is 2. The first kappa shape index (κ1) is 14.9. The molecule has 0 unspecified atom stereocenters. The van der Waals surface area contributed by atoms with E-state index in [0.717, 1.165) is 0 Å². The highest BCUT2D eigenvalue weighted by Crippen LogP contribution is 2.13. The van der Waals surface area contributed by atoms with Crippen LogP contribution in [-0.2, 0) is 19.6 Å². The maximum atomic E-state index is 11.6. The van der Waals surface area contributed by atoms with Crippen molar-refractivity contribution in [2.45, 2.75) is 44.1 Å². The molecule has 0 spiro atoms. The van der Waals surface area contributed by atoms with Crippen LogP contribution in [0.1, 0.15) is 27.2 Å². The Bertz CT molecular complexity index is 426. The van der Waals surface area contributed by atoms with E-state index in [-0.39, 0.29) is 6.54 Å². The molecule has 7 nitrogen and oxygen atoms in total. The third kappa shape index (κ3) is 3.95. The van der Waals surface area contributed by atoms with Crippen molar-refractivity contribution in [3.8, 4) is 0 Å². The van der Waals surface area contributed by atoms with Gasteiger partial charge in [-0.3, -0.25) is 0 Å². The topological polar surface area (TPSA) is 102 Å². The fraction of sp³-hybridized carbons (Fsp3) is 0.800. The summed E-state index contributed by atoms with van der Waals surface area (Å²) in [7, 11) is -3.70. The van der Waals surface area contributed by atoms with Gasteiger partial charge in [-0.25, -0.2) is 17.9 Å². The van der Waals surface area contributed by atoms with E-state index in [2.05, 4.69) is 10.0 Å². The van der Waals surface area contributed by atoms with Gasteiger partial charge >= 0.3 is 6.09 Å². The molecule has 18 heavy (non-hydrogen) atoms. The summed E-state index contributed by atoms with van der Waals surface area (Å²) in [6.45, 7) is 5.28. The van der Waals surface area contributed by atoms with Crippen molar-refractivity contribution in [1.82, 2.24) is 10.0 Å². The zero-order valence-corrected chi connectivity index (χ0v) is 11.4. The van der Waals surface area contributed by atoms with Crippen LogP contribution in [0.25, 0.3) is 0 Å². The molecule has 0 radical (unpaired) electrons. The Kier molecular flexibility index (Phi) is 4.33. The minimum atomic E-state index is -3.70. The standard InChI is InChI=1S/C10H18N2O5S/c1-10(2,3)17-9(14)12-7-4-5-11-18(15,16)8(7)6-13/h6-8,11H,4-5H2,1-3H3,(H,12,14)/t7-,8+/m1/s1. The number of rotatable bonds is 2. The molecule has 1 saturated heterocycles. The number of nitrogens with one attached hydrogen (secondary N) is 2. The quantitative estimate of drug-likeness (QED) is 0.679. The van der Waals surface area contributed by atoms with Gasteiger partial charge in [-0.05, 0) is 27.2 Å². The number of ether oxygens (including phenoxy) is 1. The fourth-order valence-corrected chi connectivity index (χ4v) is 2.99. The van der Waals surface area contributed by atoms with Crippen LogP contribution in [0.3, 0.4) is 0 Å². The highest BCUT2D eigenvalue weighted by molar-refractivity contribution is 7.90. The second kappa shape index (κ2) is 5.23. The lowest BCUT2D eigenvalue weighted by molar-refractivity contribution is -0.108. The smallest absolute Gasteiger partial charge is 0.407 e. The Hall–Kier alpha value is -1.15. The normalized spacial score (nSPS) is 27.3. The van der Waals surface area contributed by atoms with E-state index >= 15 is 0 Å². The Balaban J connectivity index is 2.71. The third-order valence-electron chi connectivity index (χ3n) is 2.35.